The molecule has 1 saturated heterocycles. The Morgan fingerprint density at radius 3 is 2.75 bits per heavy atom. The molecule has 0 spiro atoms. The molecule has 3 rings (SSSR count). The van der Waals surface area contributed by atoms with E-state index in [1.807, 2.05) is 37.3 Å². The molecule has 104 valence electrons. The van der Waals surface area contributed by atoms with Crippen LogP contribution in [0.1, 0.15) is 22.5 Å². The average Bonchev–Trinajstić information content (AvgIpc) is 3.05. The van der Waals surface area contributed by atoms with Gasteiger partial charge in [0, 0.05) is 13.1 Å². The van der Waals surface area contributed by atoms with Crippen molar-refractivity contribution in [2.24, 2.45) is 0 Å². The number of likely N-dealkylation sites (tertiary alicyclic amines) is 1. The Labute approximate surface area is 117 Å². The van der Waals surface area contributed by atoms with Crippen LogP contribution >= 0.6 is 0 Å². The van der Waals surface area contributed by atoms with Gasteiger partial charge in [0.25, 0.3) is 5.91 Å². The fourth-order valence-corrected chi connectivity index (χ4v) is 2.55. The van der Waals surface area contributed by atoms with E-state index >= 15 is 0 Å². The zero-order chi connectivity index (χ0) is 14.1. The summed E-state index contributed by atoms with van der Waals surface area (Å²) in [5.41, 5.74) is 2.36. The van der Waals surface area contributed by atoms with E-state index in [0.717, 1.165) is 11.4 Å². The third-order valence-corrected chi connectivity index (χ3v) is 3.69. The fraction of sp³-hybridized carbons (Fsp3) is 0.333. The lowest BCUT2D eigenvalue weighted by molar-refractivity contribution is 0.0764. The summed E-state index contributed by atoms with van der Waals surface area (Å²) in [5.74, 6) is -0.0544. The number of β-amino-alcohol motifs (C(OH)–C–C–N with tert-alkyl or cyclic N) is 1. The molecular formula is C15H17N3O2. The third kappa shape index (κ3) is 2.20. The molecule has 0 bridgehead atoms. The van der Waals surface area contributed by atoms with Crippen LogP contribution in [0.25, 0.3) is 5.69 Å². The van der Waals surface area contributed by atoms with Gasteiger partial charge in [0.05, 0.1) is 29.2 Å². The van der Waals surface area contributed by atoms with Gasteiger partial charge in [-0.3, -0.25) is 4.79 Å². The molecule has 5 heteroatoms. The number of rotatable bonds is 2. The number of aromatic nitrogens is 2. The Hall–Kier alpha value is -2.14. The number of nitrogens with zero attached hydrogens (tertiary/aromatic N) is 3. The summed E-state index contributed by atoms with van der Waals surface area (Å²) in [5, 5.41) is 13.8. The van der Waals surface area contributed by atoms with Crippen molar-refractivity contribution in [1.82, 2.24) is 14.7 Å². The lowest BCUT2D eigenvalue weighted by Crippen LogP contribution is -2.29. The minimum Gasteiger partial charge on any atom is -0.391 e. The van der Waals surface area contributed by atoms with Crippen molar-refractivity contribution in [3.05, 3.63) is 47.8 Å². The predicted molar refractivity (Wildman–Crippen MR) is 74.8 cm³/mol. The summed E-state index contributed by atoms with van der Waals surface area (Å²) in [6, 6.07) is 9.73. The van der Waals surface area contributed by atoms with E-state index in [9.17, 15) is 9.90 Å². The number of aliphatic hydroxyl groups is 1. The van der Waals surface area contributed by atoms with E-state index in [-0.39, 0.29) is 5.91 Å². The molecule has 1 aromatic heterocycles. The second kappa shape index (κ2) is 5.09. The van der Waals surface area contributed by atoms with Gasteiger partial charge in [-0.2, -0.15) is 5.10 Å². The molecule has 1 fully saturated rings. The van der Waals surface area contributed by atoms with E-state index in [1.165, 1.54) is 0 Å². The highest BCUT2D eigenvalue weighted by Crippen LogP contribution is 2.18. The highest BCUT2D eigenvalue weighted by Gasteiger charge is 2.27. The molecule has 2 aromatic rings. The normalized spacial score (nSPS) is 18.5. The minimum atomic E-state index is -0.400. The first-order valence-electron chi connectivity index (χ1n) is 6.74. The molecule has 0 saturated carbocycles. The summed E-state index contributed by atoms with van der Waals surface area (Å²) in [6.07, 6.45) is 1.86. The molecule has 1 N–H and O–H groups in total. The highest BCUT2D eigenvalue weighted by molar-refractivity contribution is 5.95. The van der Waals surface area contributed by atoms with Gasteiger partial charge in [-0.05, 0) is 25.5 Å². The van der Waals surface area contributed by atoms with E-state index < -0.39 is 6.10 Å². The van der Waals surface area contributed by atoms with Gasteiger partial charge in [-0.25, -0.2) is 4.68 Å². The zero-order valence-corrected chi connectivity index (χ0v) is 11.4. The molecule has 1 aromatic carbocycles. The van der Waals surface area contributed by atoms with Crippen LogP contribution in [0.5, 0.6) is 0 Å². The largest absolute Gasteiger partial charge is 0.391 e. The maximum absolute atomic E-state index is 12.4. The highest BCUT2D eigenvalue weighted by atomic mass is 16.3. The number of carbonyl (C=O) groups excluding carboxylic acids is 1. The average molecular weight is 271 g/mol. The molecule has 0 aliphatic carbocycles. The van der Waals surface area contributed by atoms with Gasteiger partial charge < -0.3 is 10.0 Å². The second-order valence-corrected chi connectivity index (χ2v) is 5.08. The maximum atomic E-state index is 12.4. The van der Waals surface area contributed by atoms with Gasteiger partial charge in [0.1, 0.15) is 0 Å². The van der Waals surface area contributed by atoms with Crippen LogP contribution in [0.4, 0.5) is 0 Å². The summed E-state index contributed by atoms with van der Waals surface area (Å²) < 4.78 is 1.76. The zero-order valence-electron chi connectivity index (χ0n) is 11.4. The summed E-state index contributed by atoms with van der Waals surface area (Å²) in [7, 11) is 0. The van der Waals surface area contributed by atoms with Crippen molar-refractivity contribution in [3.63, 3.8) is 0 Å². The Kier molecular flexibility index (Phi) is 3.28. The van der Waals surface area contributed by atoms with Crippen LogP contribution in [-0.2, 0) is 0 Å². The molecule has 1 aliphatic rings. The molecule has 0 unspecified atom stereocenters. The van der Waals surface area contributed by atoms with Crippen LogP contribution in [0.3, 0.4) is 0 Å². The Morgan fingerprint density at radius 2 is 2.10 bits per heavy atom. The first-order chi connectivity index (χ1) is 9.66. The monoisotopic (exact) mass is 271 g/mol. The standard InChI is InChI=1S/C15H17N3O2/c1-11-14(15(20)17-8-7-13(19)10-17)9-16-18(11)12-5-3-2-4-6-12/h2-6,9,13,19H,7-8,10H2,1H3/t13-/m1/s1. The molecular weight excluding hydrogens is 254 g/mol. The summed E-state index contributed by atoms with van der Waals surface area (Å²) in [4.78, 5) is 14.1. The first kappa shape index (κ1) is 12.9. The summed E-state index contributed by atoms with van der Waals surface area (Å²) >= 11 is 0. The number of para-hydroxylation sites is 1. The minimum absolute atomic E-state index is 0.0544. The quantitative estimate of drug-likeness (QED) is 0.898. The van der Waals surface area contributed by atoms with Crippen LogP contribution in [0.2, 0.25) is 0 Å². The fourth-order valence-electron chi connectivity index (χ4n) is 2.55. The number of hydrogen-bond acceptors (Lipinski definition) is 3. The third-order valence-electron chi connectivity index (χ3n) is 3.69. The van der Waals surface area contributed by atoms with Crippen molar-refractivity contribution in [2.75, 3.05) is 13.1 Å². The van der Waals surface area contributed by atoms with Crippen LogP contribution < -0.4 is 0 Å². The van der Waals surface area contributed by atoms with Crippen LogP contribution in [0, 0.1) is 6.92 Å². The molecule has 1 amide bonds. The Bertz CT molecular complexity index is 621. The molecule has 5 nitrogen and oxygen atoms in total. The SMILES string of the molecule is Cc1c(C(=O)N2CC[C@@H](O)C2)cnn1-c1ccccc1. The smallest absolute Gasteiger partial charge is 0.257 e. The Balaban J connectivity index is 1.89. The number of benzene rings is 1. The van der Waals surface area contributed by atoms with Crippen molar-refractivity contribution < 1.29 is 9.90 Å². The number of aliphatic hydroxyl groups excluding tert-OH is 1. The number of carbonyl (C=O) groups is 1. The van der Waals surface area contributed by atoms with Crippen molar-refractivity contribution in [1.29, 1.82) is 0 Å². The second-order valence-electron chi connectivity index (χ2n) is 5.08. The van der Waals surface area contributed by atoms with Crippen LogP contribution in [0.15, 0.2) is 36.5 Å². The molecule has 2 heterocycles. The van der Waals surface area contributed by atoms with E-state index in [2.05, 4.69) is 5.10 Å². The molecule has 20 heavy (non-hydrogen) atoms. The topological polar surface area (TPSA) is 58.4 Å². The van der Waals surface area contributed by atoms with Gasteiger partial charge in [0.15, 0.2) is 0 Å². The van der Waals surface area contributed by atoms with Crippen molar-refractivity contribution in [3.8, 4) is 5.69 Å². The van der Waals surface area contributed by atoms with E-state index in [4.69, 9.17) is 0 Å². The maximum Gasteiger partial charge on any atom is 0.257 e. The summed E-state index contributed by atoms with van der Waals surface area (Å²) in [6.45, 7) is 2.91. The predicted octanol–water partition coefficient (Wildman–Crippen LogP) is 1.39. The van der Waals surface area contributed by atoms with Crippen molar-refractivity contribution in [2.45, 2.75) is 19.4 Å². The van der Waals surface area contributed by atoms with Gasteiger partial charge >= 0.3 is 0 Å². The number of hydrogen-bond donors (Lipinski definition) is 1. The lowest BCUT2D eigenvalue weighted by Gasteiger charge is -2.15. The van der Waals surface area contributed by atoms with E-state index in [1.54, 1.807) is 15.8 Å². The van der Waals surface area contributed by atoms with Gasteiger partial charge in [-0.1, -0.05) is 18.2 Å². The van der Waals surface area contributed by atoms with Crippen LogP contribution in [-0.4, -0.2) is 44.9 Å². The van der Waals surface area contributed by atoms with Crippen molar-refractivity contribution >= 4 is 5.91 Å². The first-order valence-corrected chi connectivity index (χ1v) is 6.74. The number of amides is 1. The Morgan fingerprint density at radius 1 is 1.35 bits per heavy atom. The van der Waals surface area contributed by atoms with E-state index in [0.29, 0.717) is 25.1 Å². The molecule has 1 atom stereocenters. The molecule has 0 radical (unpaired) electrons. The van der Waals surface area contributed by atoms with Gasteiger partial charge in [-0.15, -0.1) is 0 Å². The van der Waals surface area contributed by atoms with Gasteiger partial charge in [0.2, 0.25) is 0 Å². The molecule has 1 aliphatic heterocycles. The lowest BCUT2D eigenvalue weighted by atomic mass is 10.2.